The van der Waals surface area contributed by atoms with Crippen LogP contribution in [0.25, 0.3) is 21.8 Å². The normalized spacial score (nSPS) is 11.9. The second kappa shape index (κ2) is 8.45. The number of nitrogens with zero attached hydrogens (tertiary/aromatic N) is 1. The molecule has 1 N–H and O–H groups in total. The molecule has 138 valence electrons. The van der Waals surface area contributed by atoms with Gasteiger partial charge in [0.2, 0.25) is 0 Å². The number of allylic oxidation sites excluding steroid dienone is 1. The van der Waals surface area contributed by atoms with E-state index in [1.165, 1.54) is 7.11 Å². The van der Waals surface area contributed by atoms with Crippen LogP contribution in [-0.2, 0) is 9.53 Å². The molecule has 3 rings (SSSR count). The number of esters is 1. The molecular weight excluding hydrogens is 340 g/mol. The molecule has 0 saturated heterocycles. The van der Waals surface area contributed by atoms with Crippen molar-refractivity contribution in [3.63, 3.8) is 0 Å². The van der Waals surface area contributed by atoms with Crippen molar-refractivity contribution in [3.8, 4) is 0 Å². The number of ether oxygens (including phenoxy) is 1. The van der Waals surface area contributed by atoms with E-state index in [-0.39, 0.29) is 5.91 Å². The van der Waals surface area contributed by atoms with E-state index in [4.69, 9.17) is 4.74 Å². The summed E-state index contributed by atoms with van der Waals surface area (Å²) in [4.78, 5) is 29.9. The average molecular weight is 362 g/mol. The van der Waals surface area contributed by atoms with Crippen LogP contribution in [0.15, 0.2) is 61.2 Å². The number of carbonyl (C=O) groups is 2. The monoisotopic (exact) mass is 362 g/mol. The van der Waals surface area contributed by atoms with Crippen LogP contribution in [0.3, 0.4) is 0 Å². The summed E-state index contributed by atoms with van der Waals surface area (Å²) in [5, 5.41) is 4.36. The van der Waals surface area contributed by atoms with Gasteiger partial charge in [0, 0.05) is 10.8 Å². The standard InChI is InChI=1S/C22H22N2O3/c1-3-4-5-14-19(22(26)27-2)24-21(25)20-15-10-6-8-12-17(15)23-18-13-9-7-11-16(18)20/h3,6-13,19H,1,4-5,14H2,2H3,(H,24,25)/t19-/m0/s1. The van der Waals surface area contributed by atoms with Crippen LogP contribution >= 0.6 is 0 Å². The van der Waals surface area contributed by atoms with E-state index in [1.807, 2.05) is 48.5 Å². The quantitative estimate of drug-likeness (QED) is 0.298. The van der Waals surface area contributed by atoms with Gasteiger partial charge >= 0.3 is 5.97 Å². The van der Waals surface area contributed by atoms with Crippen LogP contribution < -0.4 is 5.32 Å². The second-order valence-corrected chi connectivity index (χ2v) is 6.29. The molecule has 0 aliphatic rings. The lowest BCUT2D eigenvalue weighted by atomic mass is 10.0. The molecule has 3 aromatic rings. The second-order valence-electron chi connectivity index (χ2n) is 6.29. The third-order valence-electron chi connectivity index (χ3n) is 4.51. The van der Waals surface area contributed by atoms with Gasteiger partial charge < -0.3 is 10.1 Å². The molecule has 0 radical (unpaired) electrons. The number of hydrogen-bond donors (Lipinski definition) is 1. The molecule has 0 saturated carbocycles. The highest BCUT2D eigenvalue weighted by Crippen LogP contribution is 2.26. The van der Waals surface area contributed by atoms with Gasteiger partial charge in [-0.25, -0.2) is 9.78 Å². The van der Waals surface area contributed by atoms with Gasteiger partial charge in [0.1, 0.15) is 6.04 Å². The molecule has 0 unspecified atom stereocenters. The lowest BCUT2D eigenvalue weighted by Gasteiger charge is -2.18. The molecule has 5 nitrogen and oxygen atoms in total. The average Bonchev–Trinajstić information content (AvgIpc) is 2.70. The first-order chi connectivity index (χ1) is 13.2. The Morgan fingerprint density at radius 2 is 1.70 bits per heavy atom. The first kappa shape index (κ1) is 18.6. The molecule has 0 aliphatic carbocycles. The molecule has 1 heterocycles. The highest BCUT2D eigenvalue weighted by Gasteiger charge is 2.24. The van der Waals surface area contributed by atoms with Gasteiger partial charge in [-0.3, -0.25) is 4.79 Å². The van der Waals surface area contributed by atoms with Crippen molar-refractivity contribution in [2.45, 2.75) is 25.3 Å². The van der Waals surface area contributed by atoms with Crippen molar-refractivity contribution in [3.05, 3.63) is 66.7 Å². The van der Waals surface area contributed by atoms with Gasteiger partial charge in [-0.1, -0.05) is 42.5 Å². The largest absolute Gasteiger partial charge is 0.467 e. The van der Waals surface area contributed by atoms with E-state index in [0.29, 0.717) is 12.0 Å². The number of para-hydroxylation sites is 2. The summed E-state index contributed by atoms with van der Waals surface area (Å²) in [6.45, 7) is 3.69. The molecular formula is C22H22N2O3. The molecule has 1 atom stereocenters. The van der Waals surface area contributed by atoms with E-state index in [0.717, 1.165) is 34.6 Å². The van der Waals surface area contributed by atoms with Crippen molar-refractivity contribution in [1.29, 1.82) is 0 Å². The SMILES string of the molecule is C=CCCC[C@H](NC(=O)c1c2ccccc2nc2ccccc12)C(=O)OC. The van der Waals surface area contributed by atoms with Crippen molar-refractivity contribution in [2.75, 3.05) is 7.11 Å². The third kappa shape index (κ3) is 3.97. The molecule has 0 bridgehead atoms. The third-order valence-corrected chi connectivity index (χ3v) is 4.51. The van der Waals surface area contributed by atoms with Gasteiger partial charge in [0.15, 0.2) is 0 Å². The Balaban J connectivity index is 2.02. The molecule has 0 aliphatic heterocycles. The van der Waals surface area contributed by atoms with Gasteiger partial charge in [0.25, 0.3) is 5.91 Å². The predicted octanol–water partition coefficient (Wildman–Crippen LogP) is 4.02. The van der Waals surface area contributed by atoms with Crippen LogP contribution in [0.5, 0.6) is 0 Å². The summed E-state index contributed by atoms with van der Waals surface area (Å²) >= 11 is 0. The number of carbonyl (C=O) groups excluding carboxylic acids is 2. The summed E-state index contributed by atoms with van der Waals surface area (Å²) in [6, 6.07) is 14.3. The predicted molar refractivity (Wildman–Crippen MR) is 107 cm³/mol. The van der Waals surface area contributed by atoms with Crippen molar-refractivity contribution >= 4 is 33.7 Å². The Morgan fingerprint density at radius 3 is 2.26 bits per heavy atom. The van der Waals surface area contributed by atoms with Gasteiger partial charge in [-0.2, -0.15) is 0 Å². The van der Waals surface area contributed by atoms with Gasteiger partial charge in [0.05, 0.1) is 23.7 Å². The number of amides is 1. The molecule has 27 heavy (non-hydrogen) atoms. The Morgan fingerprint density at radius 1 is 1.11 bits per heavy atom. The first-order valence-corrected chi connectivity index (χ1v) is 8.92. The number of methoxy groups -OCH3 is 1. The van der Waals surface area contributed by atoms with Gasteiger partial charge in [-0.05, 0) is 31.4 Å². The maximum atomic E-state index is 13.2. The maximum absolute atomic E-state index is 13.2. The summed E-state index contributed by atoms with van der Waals surface area (Å²) in [6.07, 6.45) is 3.79. The maximum Gasteiger partial charge on any atom is 0.328 e. The number of nitrogens with one attached hydrogen (secondary N) is 1. The highest BCUT2D eigenvalue weighted by molar-refractivity contribution is 6.16. The summed E-state index contributed by atoms with van der Waals surface area (Å²) in [5.74, 6) is -0.756. The molecule has 2 aromatic carbocycles. The minimum absolute atomic E-state index is 0.307. The molecule has 0 spiro atoms. The van der Waals surface area contributed by atoms with E-state index >= 15 is 0 Å². The van der Waals surface area contributed by atoms with E-state index < -0.39 is 12.0 Å². The van der Waals surface area contributed by atoms with Crippen LogP contribution in [0.1, 0.15) is 29.6 Å². The summed E-state index contributed by atoms with van der Waals surface area (Å²) in [7, 11) is 1.33. The van der Waals surface area contributed by atoms with Gasteiger partial charge in [-0.15, -0.1) is 6.58 Å². The zero-order valence-corrected chi connectivity index (χ0v) is 15.3. The van der Waals surface area contributed by atoms with Crippen LogP contribution in [0.2, 0.25) is 0 Å². The van der Waals surface area contributed by atoms with Crippen LogP contribution in [0, 0.1) is 0 Å². The molecule has 5 heteroatoms. The number of hydrogen-bond acceptors (Lipinski definition) is 4. The fourth-order valence-corrected chi connectivity index (χ4v) is 3.17. The number of pyridine rings is 1. The number of unbranched alkanes of at least 4 members (excludes halogenated alkanes) is 1. The summed E-state index contributed by atoms with van der Waals surface area (Å²) in [5.41, 5.74) is 2.00. The van der Waals surface area contributed by atoms with Crippen LogP contribution in [0.4, 0.5) is 0 Å². The Hall–Kier alpha value is -3.21. The number of aromatic nitrogens is 1. The van der Waals surface area contributed by atoms with Crippen molar-refractivity contribution in [2.24, 2.45) is 0 Å². The zero-order chi connectivity index (χ0) is 19.2. The van der Waals surface area contributed by atoms with Crippen molar-refractivity contribution < 1.29 is 14.3 Å². The van der Waals surface area contributed by atoms with Crippen LogP contribution in [-0.4, -0.2) is 30.0 Å². The number of benzene rings is 2. The minimum atomic E-state index is -0.701. The lowest BCUT2D eigenvalue weighted by Crippen LogP contribution is -2.41. The molecule has 1 aromatic heterocycles. The molecule has 0 fully saturated rings. The minimum Gasteiger partial charge on any atom is -0.467 e. The number of fused-ring (bicyclic) bond motifs is 2. The lowest BCUT2D eigenvalue weighted by molar-refractivity contribution is -0.143. The van der Waals surface area contributed by atoms with E-state index in [2.05, 4.69) is 16.9 Å². The summed E-state index contributed by atoms with van der Waals surface area (Å²) < 4.78 is 4.86. The first-order valence-electron chi connectivity index (χ1n) is 8.92. The van der Waals surface area contributed by atoms with E-state index in [1.54, 1.807) is 6.08 Å². The Labute approximate surface area is 158 Å². The fourth-order valence-electron chi connectivity index (χ4n) is 3.17. The Kier molecular flexibility index (Phi) is 5.81. The zero-order valence-electron chi connectivity index (χ0n) is 15.3. The molecule has 1 amide bonds. The Bertz CT molecular complexity index is 943. The highest BCUT2D eigenvalue weighted by atomic mass is 16.5. The topological polar surface area (TPSA) is 68.3 Å². The smallest absolute Gasteiger partial charge is 0.328 e. The number of rotatable bonds is 7. The van der Waals surface area contributed by atoms with Crippen molar-refractivity contribution in [1.82, 2.24) is 10.3 Å². The fraction of sp³-hybridized carbons (Fsp3) is 0.227. The van der Waals surface area contributed by atoms with E-state index in [9.17, 15) is 9.59 Å².